The molecule has 1 aliphatic carbocycles. The molecule has 0 aromatic heterocycles. The average Bonchev–Trinajstić information content (AvgIpc) is 3.51. The molecule has 0 fully saturated rings. The summed E-state index contributed by atoms with van der Waals surface area (Å²) in [6.07, 6.45) is 10.6. The second kappa shape index (κ2) is 21.3. The van der Waals surface area contributed by atoms with Crippen molar-refractivity contribution >= 4 is 31.5 Å². The number of rotatable bonds is 18. The number of nitrogens with zero attached hydrogens (tertiary/aromatic N) is 1. The van der Waals surface area contributed by atoms with Crippen molar-refractivity contribution in [2.45, 2.75) is 66.3 Å². The van der Waals surface area contributed by atoms with Crippen LogP contribution in [-0.4, -0.2) is 66.9 Å². The van der Waals surface area contributed by atoms with E-state index in [-0.39, 0.29) is 24.1 Å². The van der Waals surface area contributed by atoms with Gasteiger partial charge in [0.1, 0.15) is 18.8 Å². The number of ether oxygens (including phenoxy) is 3. The molecular formula is C45H48NO12P. The maximum Gasteiger partial charge on any atom is 0.475 e. The zero-order valence-corrected chi connectivity index (χ0v) is 34.7. The molecule has 1 heterocycles. The van der Waals surface area contributed by atoms with E-state index in [1.807, 2.05) is 83.2 Å². The van der Waals surface area contributed by atoms with Crippen LogP contribution in [-0.2, 0) is 41.9 Å². The van der Waals surface area contributed by atoms with Gasteiger partial charge >= 0.3 is 25.7 Å². The van der Waals surface area contributed by atoms with E-state index < -0.39 is 80.0 Å². The fraction of sp³-hybridized carbons (Fsp3) is 0.311. The van der Waals surface area contributed by atoms with Crippen LogP contribution >= 0.6 is 7.82 Å². The molecule has 2 aromatic carbocycles. The summed E-state index contributed by atoms with van der Waals surface area (Å²) >= 11 is 0. The number of phosphoric ester groups is 1. The minimum atomic E-state index is -4.74. The summed E-state index contributed by atoms with van der Waals surface area (Å²) in [4.78, 5) is 56.1. The van der Waals surface area contributed by atoms with E-state index in [4.69, 9.17) is 34.4 Å². The van der Waals surface area contributed by atoms with Crippen LogP contribution in [0.25, 0.3) is 4.85 Å². The summed E-state index contributed by atoms with van der Waals surface area (Å²) in [6.45, 7) is 16.9. The van der Waals surface area contributed by atoms with Crippen molar-refractivity contribution in [1.82, 2.24) is 0 Å². The zero-order valence-electron chi connectivity index (χ0n) is 33.8. The summed E-state index contributed by atoms with van der Waals surface area (Å²) in [6, 6.07) is 15.4. The standard InChI is InChI=1S/C45H48NO12P/c1-8-9-17-30(2)18-16-19-31(3)24-25-35-32(4)38(48)37(28-45(35,5)6)58-59(52,53-27-26-46-7)54-29-36(47)39-40(56-42(49)33-20-12-10-13-21-33)41(44(51)55-39)57-43(50)34-22-14-11-15-23-34/h8-25,36-37,39,47H,26-29H2,1-6H3/b9-8+,18-16+,25-24+,30-17+,31-19+/t36-,37?,39+,59?/m0/s1. The molecule has 1 aliphatic heterocycles. The maximum atomic E-state index is 14.2. The number of phosphoric acid groups is 1. The first-order valence-corrected chi connectivity index (χ1v) is 20.2. The van der Waals surface area contributed by atoms with Gasteiger partial charge < -0.3 is 24.2 Å². The number of ketones is 1. The third-order valence-electron chi connectivity index (χ3n) is 9.05. The van der Waals surface area contributed by atoms with Crippen molar-refractivity contribution < 1.29 is 56.6 Å². The van der Waals surface area contributed by atoms with Gasteiger partial charge in [0.25, 0.3) is 5.76 Å². The Morgan fingerprint density at radius 1 is 0.949 bits per heavy atom. The van der Waals surface area contributed by atoms with E-state index in [9.17, 15) is 28.8 Å². The Balaban J connectivity index is 1.56. The van der Waals surface area contributed by atoms with Crippen molar-refractivity contribution in [3.05, 3.63) is 166 Å². The van der Waals surface area contributed by atoms with Crippen molar-refractivity contribution in [2.75, 3.05) is 19.8 Å². The second-order valence-corrected chi connectivity index (χ2v) is 15.8. The summed E-state index contributed by atoms with van der Waals surface area (Å²) < 4.78 is 47.0. The van der Waals surface area contributed by atoms with Crippen molar-refractivity contribution in [2.24, 2.45) is 5.41 Å². The molecule has 0 amide bonds. The number of Topliss-reactive ketones (excluding diaryl/α,β-unsaturated/α-hetero) is 1. The maximum absolute atomic E-state index is 14.2. The fourth-order valence-corrected chi connectivity index (χ4v) is 7.30. The minimum Gasteiger partial charge on any atom is -0.445 e. The van der Waals surface area contributed by atoms with E-state index in [1.165, 1.54) is 24.3 Å². The summed E-state index contributed by atoms with van der Waals surface area (Å²) in [5.41, 5.74) is 2.61. The van der Waals surface area contributed by atoms with E-state index in [2.05, 4.69) is 4.85 Å². The molecule has 4 atom stereocenters. The Morgan fingerprint density at radius 2 is 1.54 bits per heavy atom. The number of aliphatic hydroxyl groups excluding tert-OH is 1. The first-order valence-electron chi connectivity index (χ1n) is 18.8. The van der Waals surface area contributed by atoms with Crippen LogP contribution in [0, 0.1) is 12.0 Å². The summed E-state index contributed by atoms with van der Waals surface area (Å²) in [5.74, 6) is -5.09. The molecule has 2 unspecified atom stereocenters. The van der Waals surface area contributed by atoms with Crippen LogP contribution in [0.3, 0.4) is 0 Å². The highest BCUT2D eigenvalue weighted by atomic mass is 31.2. The fourth-order valence-electron chi connectivity index (χ4n) is 5.98. The Hall–Kier alpha value is -5.74. The average molecular weight is 826 g/mol. The van der Waals surface area contributed by atoms with Crippen molar-refractivity contribution in [3.8, 4) is 0 Å². The molecule has 310 valence electrons. The number of carbonyl (C=O) groups excluding carboxylic acids is 4. The lowest BCUT2D eigenvalue weighted by atomic mass is 9.71. The number of esters is 3. The molecule has 0 saturated heterocycles. The van der Waals surface area contributed by atoms with Crippen molar-refractivity contribution in [1.29, 1.82) is 0 Å². The van der Waals surface area contributed by atoms with Gasteiger partial charge in [-0.3, -0.25) is 18.4 Å². The minimum absolute atomic E-state index is 0.0643. The zero-order chi connectivity index (χ0) is 43.2. The van der Waals surface area contributed by atoms with E-state index >= 15 is 0 Å². The van der Waals surface area contributed by atoms with Crippen LogP contribution in [0.5, 0.6) is 0 Å². The number of hydrogen-bond acceptors (Lipinski definition) is 12. The van der Waals surface area contributed by atoms with Gasteiger partial charge in [0.2, 0.25) is 12.3 Å². The number of carbonyl (C=O) groups is 4. The van der Waals surface area contributed by atoms with Gasteiger partial charge in [-0.15, -0.1) is 0 Å². The van der Waals surface area contributed by atoms with Gasteiger partial charge in [-0.25, -0.2) is 25.5 Å². The van der Waals surface area contributed by atoms with E-state index in [0.29, 0.717) is 5.57 Å². The molecule has 2 aliphatic rings. The molecule has 4 rings (SSSR count). The van der Waals surface area contributed by atoms with Crippen LogP contribution in [0.4, 0.5) is 0 Å². The number of cyclic esters (lactones) is 1. The molecule has 0 radical (unpaired) electrons. The summed E-state index contributed by atoms with van der Waals surface area (Å²) in [7, 11) is -4.74. The van der Waals surface area contributed by atoms with Crippen LogP contribution in [0.2, 0.25) is 0 Å². The lowest BCUT2D eigenvalue weighted by molar-refractivity contribution is -0.148. The topological polar surface area (TPSA) is 165 Å². The molecule has 13 nitrogen and oxygen atoms in total. The number of hydrogen-bond donors (Lipinski definition) is 1. The molecule has 1 N–H and O–H groups in total. The highest BCUT2D eigenvalue weighted by Gasteiger charge is 2.47. The predicted molar refractivity (Wildman–Crippen MR) is 219 cm³/mol. The first kappa shape index (κ1) is 46.0. The highest BCUT2D eigenvalue weighted by Crippen LogP contribution is 2.54. The van der Waals surface area contributed by atoms with Crippen molar-refractivity contribution in [3.63, 3.8) is 0 Å². The molecule has 0 spiro atoms. The third kappa shape index (κ3) is 12.9. The molecule has 0 saturated carbocycles. The molecule has 59 heavy (non-hydrogen) atoms. The number of aliphatic hydroxyl groups is 1. The van der Waals surface area contributed by atoms with Crippen LogP contribution in [0.15, 0.2) is 143 Å². The van der Waals surface area contributed by atoms with Gasteiger partial charge in [-0.1, -0.05) is 110 Å². The first-order chi connectivity index (χ1) is 28.1. The number of allylic oxidation sites excluding steroid dienone is 11. The smallest absolute Gasteiger partial charge is 0.445 e. The molecule has 2 aromatic rings. The summed E-state index contributed by atoms with van der Waals surface area (Å²) in [5, 5.41) is 11.3. The third-order valence-corrected chi connectivity index (χ3v) is 10.5. The van der Waals surface area contributed by atoms with Crippen LogP contribution < -0.4 is 0 Å². The SMILES string of the molecule is [C-]#[N+]CCOP(=O)(OC[C@H](O)[C@H]1OC(=O)C(OC(=O)c2ccccc2)=C1OC(=O)c1ccccc1)OC1CC(C)(C)C(/C=C/C(C)=C/C=C/C(C)=C/C=C/C)=C(C)C1=O. The largest absolute Gasteiger partial charge is 0.475 e. The Kier molecular flexibility index (Phi) is 16.6. The van der Waals surface area contributed by atoms with Crippen LogP contribution in [0.1, 0.15) is 68.7 Å². The molecular weight excluding hydrogens is 777 g/mol. The van der Waals surface area contributed by atoms with E-state index in [0.717, 1.165) is 16.7 Å². The molecule has 0 bridgehead atoms. The second-order valence-electron chi connectivity index (χ2n) is 14.2. The Morgan fingerprint density at radius 3 is 2.15 bits per heavy atom. The number of benzene rings is 2. The predicted octanol–water partition coefficient (Wildman–Crippen LogP) is 8.54. The highest BCUT2D eigenvalue weighted by molar-refractivity contribution is 7.48. The lowest BCUT2D eigenvalue weighted by Gasteiger charge is -2.37. The Labute approximate surface area is 344 Å². The van der Waals surface area contributed by atoms with Gasteiger partial charge in [0.15, 0.2) is 11.9 Å². The molecule has 14 heteroatoms. The Bertz CT molecular complexity index is 2190. The normalized spacial score (nSPS) is 20.2. The van der Waals surface area contributed by atoms with E-state index in [1.54, 1.807) is 43.3 Å². The van der Waals surface area contributed by atoms with Gasteiger partial charge in [0.05, 0.1) is 17.7 Å². The monoisotopic (exact) mass is 825 g/mol. The lowest BCUT2D eigenvalue weighted by Crippen LogP contribution is -2.38. The van der Waals surface area contributed by atoms with Gasteiger partial charge in [0, 0.05) is 0 Å². The van der Waals surface area contributed by atoms with Gasteiger partial charge in [-0.2, -0.15) is 0 Å². The van der Waals surface area contributed by atoms with Gasteiger partial charge in [-0.05, 0) is 74.9 Å². The quantitative estimate of drug-likeness (QED) is 0.0381.